The van der Waals surface area contributed by atoms with Crippen LogP contribution in [0.25, 0.3) is 0 Å². The fraction of sp³-hybridized carbons (Fsp3) is 0.846. The molecule has 0 aliphatic carbocycles. The van der Waals surface area contributed by atoms with Crippen molar-refractivity contribution in [2.75, 3.05) is 19.8 Å². The zero-order valence-electron chi connectivity index (χ0n) is 21.7. The number of hydrogen-bond donors (Lipinski definition) is 0. The monoisotopic (exact) mass is 486 g/mol. The molecular weight excluding hydrogens is 440 g/mol. The first-order valence-corrected chi connectivity index (χ1v) is 13.0. The van der Waals surface area contributed by atoms with Gasteiger partial charge in [0.05, 0.1) is 26.2 Å². The summed E-state index contributed by atoms with van der Waals surface area (Å²) < 4.78 is 20.5. The molecule has 0 radical (unpaired) electrons. The van der Waals surface area contributed by atoms with Gasteiger partial charge in [-0.15, -0.1) is 0 Å². The standard InChI is InChI=1S/C26H46O8/c1-5-9-10-11-12-13-14-15-16-17-18-19-22(24(29)32-7-3)26(34-21-27,25(30)33-8-4)20-23(28)31-6-2/h21-22H,5-20H2,1-4H3. The van der Waals surface area contributed by atoms with E-state index in [0.29, 0.717) is 6.42 Å². The van der Waals surface area contributed by atoms with E-state index in [1.54, 1.807) is 20.8 Å². The van der Waals surface area contributed by atoms with Crippen molar-refractivity contribution in [2.24, 2.45) is 5.92 Å². The third-order valence-electron chi connectivity index (χ3n) is 5.82. The predicted molar refractivity (Wildman–Crippen MR) is 129 cm³/mol. The molecule has 0 rings (SSSR count). The maximum absolute atomic E-state index is 12.9. The Morgan fingerprint density at radius 1 is 0.706 bits per heavy atom. The lowest BCUT2D eigenvalue weighted by Crippen LogP contribution is -2.54. The first kappa shape index (κ1) is 31.9. The van der Waals surface area contributed by atoms with Crippen molar-refractivity contribution < 1.29 is 38.1 Å². The van der Waals surface area contributed by atoms with Crippen LogP contribution in [0.2, 0.25) is 0 Å². The van der Waals surface area contributed by atoms with Crippen molar-refractivity contribution in [3.63, 3.8) is 0 Å². The number of unbranched alkanes of at least 4 members (excludes halogenated alkanes) is 10. The van der Waals surface area contributed by atoms with Crippen LogP contribution in [0.5, 0.6) is 0 Å². The fourth-order valence-electron chi connectivity index (χ4n) is 4.07. The zero-order chi connectivity index (χ0) is 25.7. The van der Waals surface area contributed by atoms with Crippen molar-refractivity contribution in [2.45, 2.75) is 117 Å². The summed E-state index contributed by atoms with van der Waals surface area (Å²) in [7, 11) is 0. The van der Waals surface area contributed by atoms with E-state index >= 15 is 0 Å². The highest BCUT2D eigenvalue weighted by molar-refractivity contribution is 5.92. The predicted octanol–water partition coefficient (Wildman–Crippen LogP) is 5.29. The van der Waals surface area contributed by atoms with Crippen LogP contribution in [0.3, 0.4) is 0 Å². The summed E-state index contributed by atoms with van der Waals surface area (Å²) >= 11 is 0. The van der Waals surface area contributed by atoms with Crippen molar-refractivity contribution in [1.82, 2.24) is 0 Å². The summed E-state index contributed by atoms with van der Waals surface area (Å²) in [4.78, 5) is 49.5. The first-order chi connectivity index (χ1) is 16.4. The molecule has 34 heavy (non-hydrogen) atoms. The molecule has 0 amide bonds. The van der Waals surface area contributed by atoms with Gasteiger partial charge in [0.25, 0.3) is 6.47 Å². The Morgan fingerprint density at radius 3 is 1.68 bits per heavy atom. The molecule has 0 heterocycles. The molecular formula is C26H46O8. The minimum Gasteiger partial charge on any atom is -0.466 e. The Hall–Kier alpha value is -2.12. The van der Waals surface area contributed by atoms with Crippen LogP contribution in [0, 0.1) is 5.92 Å². The molecule has 198 valence electrons. The summed E-state index contributed by atoms with van der Waals surface area (Å²) in [5.41, 5.74) is -2.12. The number of carbonyl (C=O) groups is 4. The molecule has 2 unspecified atom stereocenters. The molecule has 0 fully saturated rings. The highest BCUT2D eigenvalue weighted by Crippen LogP contribution is 2.34. The minimum atomic E-state index is -2.12. The summed E-state index contributed by atoms with van der Waals surface area (Å²) in [5, 5.41) is 0. The number of carbonyl (C=O) groups excluding carboxylic acids is 4. The summed E-state index contributed by atoms with van der Waals surface area (Å²) in [6.07, 6.45) is 12.0. The Balaban J connectivity index is 5.17. The summed E-state index contributed by atoms with van der Waals surface area (Å²) in [5.74, 6) is -3.57. The van der Waals surface area contributed by atoms with Crippen molar-refractivity contribution >= 4 is 24.4 Å². The average molecular weight is 487 g/mol. The lowest BCUT2D eigenvalue weighted by atomic mass is 9.80. The van der Waals surface area contributed by atoms with E-state index in [9.17, 15) is 19.2 Å². The molecule has 0 spiro atoms. The Labute approximate surface area is 205 Å². The molecule has 0 saturated heterocycles. The van der Waals surface area contributed by atoms with Crippen molar-refractivity contribution in [3.05, 3.63) is 0 Å². The van der Waals surface area contributed by atoms with Crippen LogP contribution in [-0.2, 0) is 38.1 Å². The Kier molecular flexibility index (Phi) is 19.0. The average Bonchev–Trinajstić information content (AvgIpc) is 2.80. The second kappa shape index (κ2) is 20.3. The van der Waals surface area contributed by atoms with E-state index in [4.69, 9.17) is 18.9 Å². The van der Waals surface area contributed by atoms with Gasteiger partial charge in [0.2, 0.25) is 5.60 Å². The molecule has 8 nitrogen and oxygen atoms in total. The number of hydrogen-bond acceptors (Lipinski definition) is 8. The Bertz CT molecular complexity index is 577. The van der Waals surface area contributed by atoms with Crippen LogP contribution < -0.4 is 0 Å². The van der Waals surface area contributed by atoms with E-state index in [1.807, 2.05) is 0 Å². The van der Waals surface area contributed by atoms with Gasteiger partial charge in [0.1, 0.15) is 5.92 Å². The lowest BCUT2D eigenvalue weighted by molar-refractivity contribution is -0.194. The number of esters is 3. The molecule has 0 aliphatic rings. The van der Waals surface area contributed by atoms with Gasteiger partial charge < -0.3 is 18.9 Å². The number of rotatable bonds is 22. The number of ether oxygens (including phenoxy) is 4. The van der Waals surface area contributed by atoms with Gasteiger partial charge >= 0.3 is 17.9 Å². The van der Waals surface area contributed by atoms with E-state index < -0.39 is 35.8 Å². The molecule has 0 saturated carbocycles. The molecule has 2 atom stereocenters. The second-order valence-electron chi connectivity index (χ2n) is 8.43. The molecule has 0 aliphatic heterocycles. The van der Waals surface area contributed by atoms with Gasteiger partial charge in [-0.05, 0) is 27.2 Å². The van der Waals surface area contributed by atoms with E-state index in [2.05, 4.69) is 6.92 Å². The topological polar surface area (TPSA) is 105 Å². The maximum atomic E-state index is 12.9. The first-order valence-electron chi connectivity index (χ1n) is 13.0. The van der Waals surface area contributed by atoms with Gasteiger partial charge in [-0.2, -0.15) is 0 Å². The van der Waals surface area contributed by atoms with Crippen LogP contribution in [0.15, 0.2) is 0 Å². The van der Waals surface area contributed by atoms with Gasteiger partial charge in [0.15, 0.2) is 0 Å². The SMILES string of the molecule is CCCCCCCCCCCCCC(C(=O)OCC)C(CC(=O)OCC)(OC=O)C(=O)OCC. The van der Waals surface area contributed by atoms with Crippen LogP contribution in [-0.4, -0.2) is 49.8 Å². The smallest absolute Gasteiger partial charge is 0.352 e. The molecule has 0 aromatic rings. The minimum absolute atomic E-state index is 0.000381. The molecule has 0 aromatic heterocycles. The normalized spacial score (nSPS) is 13.4. The van der Waals surface area contributed by atoms with Gasteiger partial charge in [0, 0.05) is 0 Å². The lowest BCUT2D eigenvalue weighted by Gasteiger charge is -2.34. The molecule has 0 bridgehead atoms. The van der Waals surface area contributed by atoms with Crippen LogP contribution in [0.4, 0.5) is 0 Å². The van der Waals surface area contributed by atoms with Gasteiger partial charge in [-0.3, -0.25) is 14.4 Å². The van der Waals surface area contributed by atoms with Crippen LogP contribution >= 0.6 is 0 Å². The summed E-state index contributed by atoms with van der Waals surface area (Å²) in [6.45, 7) is 7.33. The van der Waals surface area contributed by atoms with Crippen LogP contribution in [0.1, 0.15) is 111 Å². The quantitative estimate of drug-likeness (QED) is 0.0879. The zero-order valence-corrected chi connectivity index (χ0v) is 21.7. The highest BCUT2D eigenvalue weighted by Gasteiger charge is 2.55. The third-order valence-corrected chi connectivity index (χ3v) is 5.82. The van der Waals surface area contributed by atoms with Gasteiger partial charge in [-0.25, -0.2) is 4.79 Å². The maximum Gasteiger partial charge on any atom is 0.352 e. The van der Waals surface area contributed by atoms with Crippen molar-refractivity contribution in [1.29, 1.82) is 0 Å². The molecule has 0 N–H and O–H groups in total. The Morgan fingerprint density at radius 2 is 1.21 bits per heavy atom. The molecule has 0 aromatic carbocycles. The van der Waals surface area contributed by atoms with E-state index in [0.717, 1.165) is 19.3 Å². The fourth-order valence-corrected chi connectivity index (χ4v) is 4.07. The van der Waals surface area contributed by atoms with Crippen molar-refractivity contribution in [3.8, 4) is 0 Å². The van der Waals surface area contributed by atoms with Gasteiger partial charge in [-0.1, -0.05) is 77.6 Å². The highest BCUT2D eigenvalue weighted by atomic mass is 16.6. The molecule has 8 heteroatoms. The summed E-state index contributed by atoms with van der Waals surface area (Å²) in [6, 6.07) is 0. The van der Waals surface area contributed by atoms with E-state index in [1.165, 1.54) is 44.9 Å². The van der Waals surface area contributed by atoms with E-state index in [-0.39, 0.29) is 32.7 Å². The second-order valence-corrected chi connectivity index (χ2v) is 8.43. The largest absolute Gasteiger partial charge is 0.466 e. The third kappa shape index (κ3) is 12.4.